The normalized spacial score (nSPS) is 20.6. The molecule has 7 heteroatoms. The van der Waals surface area contributed by atoms with Crippen molar-refractivity contribution in [3.8, 4) is 0 Å². The molecule has 5 rings (SSSR count). The molecule has 172 valence electrons. The second kappa shape index (κ2) is 9.25. The van der Waals surface area contributed by atoms with Gasteiger partial charge in [0.05, 0.1) is 10.9 Å². The number of fused-ring (bicyclic) bond motifs is 1. The van der Waals surface area contributed by atoms with Crippen LogP contribution in [0.1, 0.15) is 23.6 Å². The molecule has 2 aliphatic rings. The SMILES string of the molecule is O=S1(=O)c2ccccc2C(c2ccccc2)N1CCCN1CCN(c2ccc(F)cc2)CC1. The third-order valence-corrected chi connectivity index (χ3v) is 8.56. The summed E-state index contributed by atoms with van der Waals surface area (Å²) in [6.45, 7) is 4.91. The monoisotopic (exact) mass is 465 g/mol. The van der Waals surface area contributed by atoms with Gasteiger partial charge in [0.1, 0.15) is 5.82 Å². The summed E-state index contributed by atoms with van der Waals surface area (Å²) in [7, 11) is -3.52. The van der Waals surface area contributed by atoms with Crippen LogP contribution in [0.3, 0.4) is 0 Å². The van der Waals surface area contributed by atoms with Crippen molar-refractivity contribution >= 4 is 15.7 Å². The largest absolute Gasteiger partial charge is 0.369 e. The van der Waals surface area contributed by atoms with E-state index < -0.39 is 10.0 Å². The first kappa shape index (κ1) is 22.1. The lowest BCUT2D eigenvalue weighted by molar-refractivity contribution is 0.242. The molecule has 0 aliphatic carbocycles. The van der Waals surface area contributed by atoms with E-state index in [1.54, 1.807) is 16.4 Å². The fourth-order valence-electron chi connectivity index (χ4n) is 4.92. The van der Waals surface area contributed by atoms with E-state index in [0.717, 1.165) is 56.0 Å². The van der Waals surface area contributed by atoms with E-state index in [2.05, 4.69) is 9.80 Å². The van der Waals surface area contributed by atoms with Crippen molar-refractivity contribution in [1.29, 1.82) is 0 Å². The Morgan fingerprint density at radius 2 is 1.45 bits per heavy atom. The number of rotatable bonds is 6. The van der Waals surface area contributed by atoms with Crippen molar-refractivity contribution in [3.05, 3.63) is 95.8 Å². The van der Waals surface area contributed by atoms with Gasteiger partial charge in [-0.2, -0.15) is 4.31 Å². The van der Waals surface area contributed by atoms with Crippen molar-refractivity contribution in [2.75, 3.05) is 44.2 Å². The molecule has 3 aromatic carbocycles. The van der Waals surface area contributed by atoms with Crippen LogP contribution >= 0.6 is 0 Å². The topological polar surface area (TPSA) is 43.9 Å². The fraction of sp³-hybridized carbons (Fsp3) is 0.308. The molecule has 0 N–H and O–H groups in total. The number of anilines is 1. The molecule has 1 atom stereocenters. The van der Waals surface area contributed by atoms with Gasteiger partial charge in [0.15, 0.2) is 0 Å². The Hall–Kier alpha value is -2.74. The Labute approximate surface area is 195 Å². The van der Waals surface area contributed by atoms with Gasteiger partial charge in [0, 0.05) is 38.4 Å². The zero-order valence-electron chi connectivity index (χ0n) is 18.5. The average molecular weight is 466 g/mol. The van der Waals surface area contributed by atoms with Gasteiger partial charge in [-0.25, -0.2) is 12.8 Å². The van der Waals surface area contributed by atoms with Crippen molar-refractivity contribution in [2.45, 2.75) is 17.4 Å². The molecule has 0 amide bonds. The number of hydrogen-bond donors (Lipinski definition) is 0. The summed E-state index contributed by atoms with van der Waals surface area (Å²) in [5, 5.41) is 0. The lowest BCUT2D eigenvalue weighted by atomic mass is 9.98. The Morgan fingerprint density at radius 3 is 2.18 bits per heavy atom. The minimum atomic E-state index is -3.52. The fourth-order valence-corrected chi connectivity index (χ4v) is 6.79. The zero-order chi connectivity index (χ0) is 22.8. The van der Waals surface area contributed by atoms with Gasteiger partial charge < -0.3 is 4.90 Å². The predicted octanol–water partition coefficient (Wildman–Crippen LogP) is 4.13. The Balaban J connectivity index is 1.23. The van der Waals surface area contributed by atoms with Gasteiger partial charge in [-0.15, -0.1) is 0 Å². The maximum atomic E-state index is 13.4. The molecule has 3 aromatic rings. The lowest BCUT2D eigenvalue weighted by Crippen LogP contribution is -2.47. The van der Waals surface area contributed by atoms with E-state index in [-0.39, 0.29) is 11.9 Å². The smallest absolute Gasteiger partial charge is 0.244 e. The number of sulfonamides is 1. The van der Waals surface area contributed by atoms with E-state index in [9.17, 15) is 12.8 Å². The number of benzene rings is 3. The maximum Gasteiger partial charge on any atom is 0.244 e. The third kappa shape index (κ3) is 4.40. The molecule has 1 saturated heterocycles. The van der Waals surface area contributed by atoms with E-state index in [4.69, 9.17) is 0 Å². The van der Waals surface area contributed by atoms with Crippen LogP contribution in [0.15, 0.2) is 83.8 Å². The number of hydrogen-bond acceptors (Lipinski definition) is 4. The molecule has 0 spiro atoms. The molecule has 0 saturated carbocycles. The number of piperazine rings is 1. The molecule has 5 nitrogen and oxygen atoms in total. The molecule has 2 aliphatic heterocycles. The Bertz CT molecular complexity index is 1190. The minimum absolute atomic E-state index is 0.217. The van der Waals surface area contributed by atoms with Crippen LogP contribution in [0.4, 0.5) is 10.1 Å². The van der Waals surface area contributed by atoms with Crippen LogP contribution in [-0.4, -0.2) is 56.9 Å². The summed E-state index contributed by atoms with van der Waals surface area (Å²) in [6.07, 6.45) is 0.771. The first-order valence-corrected chi connectivity index (χ1v) is 12.9. The zero-order valence-corrected chi connectivity index (χ0v) is 19.3. The molecule has 1 unspecified atom stereocenters. The predicted molar refractivity (Wildman–Crippen MR) is 128 cm³/mol. The molecule has 0 aromatic heterocycles. The van der Waals surface area contributed by atoms with Gasteiger partial charge in [-0.3, -0.25) is 4.90 Å². The third-order valence-electron chi connectivity index (χ3n) is 6.62. The highest BCUT2D eigenvalue weighted by Crippen LogP contribution is 2.43. The molecule has 0 bridgehead atoms. The summed E-state index contributed by atoms with van der Waals surface area (Å²) in [6, 6.07) is 23.6. The summed E-state index contributed by atoms with van der Waals surface area (Å²) in [5.74, 6) is -0.217. The minimum Gasteiger partial charge on any atom is -0.369 e. The highest BCUT2D eigenvalue weighted by molar-refractivity contribution is 7.89. The van der Waals surface area contributed by atoms with E-state index in [0.29, 0.717) is 11.4 Å². The number of nitrogens with zero attached hydrogens (tertiary/aromatic N) is 3. The second-order valence-corrected chi connectivity index (χ2v) is 10.5. The van der Waals surface area contributed by atoms with Crippen LogP contribution < -0.4 is 4.90 Å². The van der Waals surface area contributed by atoms with Crippen molar-refractivity contribution in [1.82, 2.24) is 9.21 Å². The first-order valence-electron chi connectivity index (χ1n) is 11.4. The average Bonchev–Trinajstić information content (AvgIpc) is 3.07. The molecular weight excluding hydrogens is 437 g/mol. The van der Waals surface area contributed by atoms with Crippen LogP contribution in [0.2, 0.25) is 0 Å². The molecule has 1 fully saturated rings. The summed E-state index contributed by atoms with van der Waals surface area (Å²) in [4.78, 5) is 5.07. The van der Waals surface area contributed by atoms with Gasteiger partial charge in [0.25, 0.3) is 0 Å². The lowest BCUT2D eigenvalue weighted by Gasteiger charge is -2.36. The van der Waals surface area contributed by atoms with Crippen LogP contribution in [0.25, 0.3) is 0 Å². The number of halogens is 1. The van der Waals surface area contributed by atoms with Gasteiger partial charge >= 0.3 is 0 Å². The van der Waals surface area contributed by atoms with Crippen LogP contribution in [-0.2, 0) is 10.0 Å². The van der Waals surface area contributed by atoms with Crippen molar-refractivity contribution in [2.24, 2.45) is 0 Å². The van der Waals surface area contributed by atoms with E-state index >= 15 is 0 Å². The molecule has 33 heavy (non-hydrogen) atoms. The highest BCUT2D eigenvalue weighted by Gasteiger charge is 2.42. The van der Waals surface area contributed by atoms with Gasteiger partial charge in [-0.05, 0) is 54.4 Å². The standard InChI is InChI=1S/C26H28FN3O2S/c27-22-11-13-23(14-12-22)29-19-17-28(18-20-29)15-6-16-30-26(21-7-2-1-3-8-21)24-9-4-5-10-25(24)33(30,31)32/h1-5,7-14,26H,6,15-20H2. The summed E-state index contributed by atoms with van der Waals surface area (Å²) < 4.78 is 41.6. The van der Waals surface area contributed by atoms with Gasteiger partial charge in [-0.1, -0.05) is 48.5 Å². The van der Waals surface area contributed by atoms with Crippen molar-refractivity contribution < 1.29 is 12.8 Å². The highest BCUT2D eigenvalue weighted by atomic mass is 32.2. The summed E-state index contributed by atoms with van der Waals surface area (Å²) >= 11 is 0. The molecule has 2 heterocycles. The first-order chi connectivity index (χ1) is 16.0. The van der Waals surface area contributed by atoms with Gasteiger partial charge in [0.2, 0.25) is 10.0 Å². The maximum absolute atomic E-state index is 13.4. The molecule has 0 radical (unpaired) electrons. The van der Waals surface area contributed by atoms with Crippen LogP contribution in [0, 0.1) is 5.82 Å². The quantitative estimate of drug-likeness (QED) is 0.549. The summed E-state index contributed by atoms with van der Waals surface area (Å²) in [5.41, 5.74) is 2.90. The van der Waals surface area contributed by atoms with Crippen LogP contribution in [0.5, 0.6) is 0 Å². The Morgan fingerprint density at radius 1 is 0.788 bits per heavy atom. The van der Waals surface area contributed by atoms with Crippen molar-refractivity contribution in [3.63, 3.8) is 0 Å². The second-order valence-electron chi connectivity index (χ2n) is 8.63. The van der Waals surface area contributed by atoms with E-state index in [1.165, 1.54) is 12.1 Å². The molecular formula is C26H28FN3O2S. The van der Waals surface area contributed by atoms with E-state index in [1.807, 2.05) is 54.6 Å². The Kier molecular flexibility index (Phi) is 6.19.